The van der Waals surface area contributed by atoms with Gasteiger partial charge in [0.25, 0.3) is 0 Å². The van der Waals surface area contributed by atoms with Gasteiger partial charge in [0.2, 0.25) is 0 Å². The highest BCUT2D eigenvalue weighted by Crippen LogP contribution is 2.22. The molecule has 0 radical (unpaired) electrons. The van der Waals surface area contributed by atoms with Crippen LogP contribution in [0.5, 0.6) is 0 Å². The summed E-state index contributed by atoms with van der Waals surface area (Å²) in [7, 11) is 0. The lowest BCUT2D eigenvalue weighted by atomic mass is 10.1. The molecule has 0 aliphatic rings. The molecule has 20 heavy (non-hydrogen) atoms. The number of aryl methyl sites for hydroxylation is 1. The quantitative estimate of drug-likeness (QED) is 0.605. The van der Waals surface area contributed by atoms with Crippen LogP contribution >= 0.6 is 27.5 Å². The lowest BCUT2D eigenvalue weighted by Gasteiger charge is -2.04. The van der Waals surface area contributed by atoms with Gasteiger partial charge in [0, 0.05) is 22.3 Å². The summed E-state index contributed by atoms with van der Waals surface area (Å²) in [5.41, 5.74) is 2.51. The van der Waals surface area contributed by atoms with E-state index in [-0.39, 0.29) is 5.78 Å². The third-order valence-corrected chi connectivity index (χ3v) is 3.57. The van der Waals surface area contributed by atoms with Crippen LogP contribution in [0.15, 0.2) is 59.2 Å². The summed E-state index contributed by atoms with van der Waals surface area (Å²) in [6.07, 6.45) is 3.08. The highest BCUT2D eigenvalue weighted by Gasteiger charge is 2.01. The Morgan fingerprint density at radius 1 is 1.20 bits per heavy atom. The molecule has 0 heterocycles. The Kier molecular flexibility index (Phi) is 4.99. The zero-order chi connectivity index (χ0) is 14.5. The minimum atomic E-state index is -0.0618. The Balaban J connectivity index is 2.02. The van der Waals surface area contributed by atoms with Crippen LogP contribution in [0.25, 0.3) is 0 Å². The van der Waals surface area contributed by atoms with E-state index in [9.17, 15) is 4.79 Å². The molecule has 2 aromatic carbocycles. The monoisotopic (exact) mass is 349 g/mol. The summed E-state index contributed by atoms with van der Waals surface area (Å²) in [4.78, 5) is 11.9. The molecular formula is C16H13BrClNO. The summed E-state index contributed by atoms with van der Waals surface area (Å²) in [5.74, 6) is -0.0618. The number of ketones is 1. The maximum Gasteiger partial charge on any atom is 0.187 e. The third-order valence-electron chi connectivity index (χ3n) is 2.73. The molecule has 4 heteroatoms. The number of halogens is 2. The number of nitrogens with one attached hydrogen (secondary N) is 1. The number of carbonyl (C=O) groups is 1. The van der Waals surface area contributed by atoms with Crippen molar-refractivity contribution in [3.63, 3.8) is 0 Å². The van der Waals surface area contributed by atoms with E-state index < -0.39 is 0 Å². The van der Waals surface area contributed by atoms with Gasteiger partial charge in [-0.05, 0) is 48.9 Å². The van der Waals surface area contributed by atoms with Gasteiger partial charge in [-0.25, -0.2) is 0 Å². The van der Waals surface area contributed by atoms with Crippen LogP contribution in [0, 0.1) is 6.92 Å². The van der Waals surface area contributed by atoms with E-state index in [0.717, 1.165) is 15.7 Å². The van der Waals surface area contributed by atoms with Gasteiger partial charge < -0.3 is 5.32 Å². The Morgan fingerprint density at radius 3 is 2.55 bits per heavy atom. The summed E-state index contributed by atoms with van der Waals surface area (Å²) in [6, 6.07) is 12.9. The average Bonchev–Trinajstić information content (AvgIpc) is 2.42. The number of hydrogen-bond donors (Lipinski definition) is 1. The van der Waals surface area contributed by atoms with E-state index in [1.165, 1.54) is 6.08 Å². The second-order valence-electron chi connectivity index (χ2n) is 4.33. The predicted octanol–water partition coefficient (Wildman–Crippen LogP) is 5.22. The highest BCUT2D eigenvalue weighted by molar-refractivity contribution is 9.10. The molecular weight excluding hydrogens is 338 g/mol. The van der Waals surface area contributed by atoms with Crippen molar-refractivity contribution in [2.45, 2.75) is 6.92 Å². The van der Waals surface area contributed by atoms with Gasteiger partial charge >= 0.3 is 0 Å². The number of carbonyl (C=O) groups excluding carboxylic acids is 1. The molecule has 0 fully saturated rings. The highest BCUT2D eigenvalue weighted by atomic mass is 79.9. The summed E-state index contributed by atoms with van der Waals surface area (Å²) in [5, 5.41) is 3.64. The van der Waals surface area contributed by atoms with Crippen molar-refractivity contribution in [3.8, 4) is 0 Å². The lowest BCUT2D eigenvalue weighted by Crippen LogP contribution is -1.96. The maximum absolute atomic E-state index is 11.9. The molecule has 0 spiro atoms. The minimum Gasteiger partial charge on any atom is -0.360 e. The lowest BCUT2D eigenvalue weighted by molar-refractivity contribution is 0.104. The van der Waals surface area contributed by atoms with Crippen LogP contribution in [0.3, 0.4) is 0 Å². The second-order valence-corrected chi connectivity index (χ2v) is 5.65. The van der Waals surface area contributed by atoms with Crippen molar-refractivity contribution in [2.75, 3.05) is 5.32 Å². The van der Waals surface area contributed by atoms with Crippen LogP contribution in [0.2, 0.25) is 5.02 Å². The summed E-state index contributed by atoms with van der Waals surface area (Å²) >= 11 is 9.43. The van der Waals surface area contributed by atoms with Crippen LogP contribution in [-0.2, 0) is 0 Å². The first-order valence-electron chi connectivity index (χ1n) is 6.05. The van der Waals surface area contributed by atoms with Gasteiger partial charge in [-0.3, -0.25) is 4.79 Å². The average molecular weight is 351 g/mol. The number of hydrogen-bond acceptors (Lipinski definition) is 2. The van der Waals surface area contributed by atoms with Crippen molar-refractivity contribution < 1.29 is 4.79 Å². The van der Waals surface area contributed by atoms with Crippen molar-refractivity contribution in [1.82, 2.24) is 0 Å². The zero-order valence-corrected chi connectivity index (χ0v) is 13.2. The van der Waals surface area contributed by atoms with Gasteiger partial charge in [-0.1, -0.05) is 33.6 Å². The van der Waals surface area contributed by atoms with E-state index in [1.807, 2.05) is 37.3 Å². The van der Waals surface area contributed by atoms with Crippen molar-refractivity contribution in [2.24, 2.45) is 0 Å². The van der Waals surface area contributed by atoms with Crippen molar-refractivity contribution >= 4 is 39.0 Å². The molecule has 0 bridgehead atoms. The molecule has 2 aromatic rings. The Hall–Kier alpha value is -1.58. The van der Waals surface area contributed by atoms with Gasteiger partial charge in [0.1, 0.15) is 0 Å². The van der Waals surface area contributed by atoms with E-state index in [0.29, 0.717) is 10.6 Å². The topological polar surface area (TPSA) is 29.1 Å². The van der Waals surface area contributed by atoms with Crippen LogP contribution in [0.4, 0.5) is 5.69 Å². The van der Waals surface area contributed by atoms with Gasteiger partial charge in [-0.15, -0.1) is 0 Å². The molecule has 0 atom stereocenters. The minimum absolute atomic E-state index is 0.0618. The molecule has 2 nitrogen and oxygen atoms in total. The molecule has 0 saturated heterocycles. The van der Waals surface area contributed by atoms with Crippen molar-refractivity contribution in [1.29, 1.82) is 0 Å². The predicted molar refractivity (Wildman–Crippen MR) is 87.4 cm³/mol. The van der Waals surface area contributed by atoms with Gasteiger partial charge in [0.05, 0.1) is 10.7 Å². The molecule has 102 valence electrons. The Morgan fingerprint density at radius 2 is 1.90 bits per heavy atom. The fourth-order valence-electron chi connectivity index (χ4n) is 1.65. The number of allylic oxidation sites excluding steroid dienone is 1. The second kappa shape index (κ2) is 6.73. The normalized spacial score (nSPS) is 10.8. The molecule has 0 amide bonds. The van der Waals surface area contributed by atoms with Gasteiger partial charge in [-0.2, -0.15) is 0 Å². The molecule has 0 aliphatic heterocycles. The van der Waals surface area contributed by atoms with E-state index >= 15 is 0 Å². The number of rotatable bonds is 4. The van der Waals surface area contributed by atoms with Crippen LogP contribution in [0.1, 0.15) is 15.9 Å². The SMILES string of the molecule is Cc1ccc(N/C=C/C(=O)c2ccc(Br)cc2)c(Cl)c1. The smallest absolute Gasteiger partial charge is 0.187 e. The fourth-order valence-corrected chi connectivity index (χ4v) is 2.21. The van der Waals surface area contributed by atoms with Crippen LogP contribution < -0.4 is 5.32 Å². The molecule has 1 N–H and O–H groups in total. The largest absolute Gasteiger partial charge is 0.360 e. The number of anilines is 1. The zero-order valence-electron chi connectivity index (χ0n) is 10.9. The molecule has 0 saturated carbocycles. The van der Waals surface area contributed by atoms with E-state index in [4.69, 9.17) is 11.6 Å². The number of benzene rings is 2. The Bertz CT molecular complexity index is 650. The molecule has 0 unspecified atom stereocenters. The molecule has 0 aliphatic carbocycles. The molecule has 0 aromatic heterocycles. The first kappa shape index (κ1) is 14.8. The van der Waals surface area contributed by atoms with Gasteiger partial charge in [0.15, 0.2) is 5.78 Å². The van der Waals surface area contributed by atoms with Crippen LogP contribution in [-0.4, -0.2) is 5.78 Å². The molecule has 2 rings (SSSR count). The van der Waals surface area contributed by atoms with E-state index in [1.54, 1.807) is 18.3 Å². The first-order chi connectivity index (χ1) is 9.56. The fraction of sp³-hybridized carbons (Fsp3) is 0.0625. The summed E-state index contributed by atoms with van der Waals surface area (Å²) < 4.78 is 0.947. The Labute approximate surface area is 131 Å². The van der Waals surface area contributed by atoms with Crippen molar-refractivity contribution in [3.05, 3.63) is 75.4 Å². The first-order valence-corrected chi connectivity index (χ1v) is 7.22. The third kappa shape index (κ3) is 3.95. The summed E-state index contributed by atoms with van der Waals surface area (Å²) in [6.45, 7) is 1.97. The maximum atomic E-state index is 11.9. The standard InChI is InChI=1S/C16H13BrClNO/c1-11-2-7-15(14(18)10-11)19-9-8-16(20)12-3-5-13(17)6-4-12/h2-10,19H,1H3/b9-8+. The van der Waals surface area contributed by atoms with E-state index in [2.05, 4.69) is 21.2 Å².